The maximum atomic E-state index is 9.59. The third-order valence-electron chi connectivity index (χ3n) is 3.39. The molecular weight excluding hydrogens is 280 g/mol. The molecule has 4 heteroatoms. The van der Waals surface area contributed by atoms with Gasteiger partial charge in [-0.05, 0) is 26.3 Å². The van der Waals surface area contributed by atoms with E-state index in [9.17, 15) is 5.11 Å². The number of aliphatic hydroxyl groups excluding tert-OH is 1. The van der Waals surface area contributed by atoms with Crippen LogP contribution in [-0.2, 0) is 13.0 Å². The van der Waals surface area contributed by atoms with Crippen LogP contribution < -0.4 is 0 Å². The van der Waals surface area contributed by atoms with Crippen LogP contribution in [0.15, 0.2) is 35.7 Å². The predicted molar refractivity (Wildman–Crippen MR) is 88.6 cm³/mol. The van der Waals surface area contributed by atoms with Crippen LogP contribution in [0.5, 0.6) is 0 Å². The second kappa shape index (κ2) is 7.69. The summed E-state index contributed by atoms with van der Waals surface area (Å²) in [5.74, 6) is 0. The van der Waals surface area contributed by atoms with Crippen molar-refractivity contribution in [2.45, 2.75) is 45.9 Å². The number of benzene rings is 1. The van der Waals surface area contributed by atoms with Crippen LogP contribution in [0.1, 0.15) is 37.0 Å². The third-order valence-corrected chi connectivity index (χ3v) is 4.29. The first-order valence-electron chi connectivity index (χ1n) is 7.44. The maximum Gasteiger partial charge on any atom is 0.0972 e. The van der Waals surface area contributed by atoms with Crippen LogP contribution in [0, 0.1) is 0 Å². The van der Waals surface area contributed by atoms with Crippen molar-refractivity contribution in [2.24, 2.45) is 0 Å². The lowest BCUT2D eigenvalue weighted by Crippen LogP contribution is -2.36. The van der Waals surface area contributed by atoms with E-state index in [1.807, 2.05) is 13.0 Å². The van der Waals surface area contributed by atoms with Crippen molar-refractivity contribution in [3.05, 3.63) is 52.0 Å². The lowest BCUT2D eigenvalue weighted by Gasteiger charge is -2.26. The molecule has 2 aromatic rings. The van der Waals surface area contributed by atoms with Gasteiger partial charge in [0, 0.05) is 30.9 Å². The summed E-state index contributed by atoms with van der Waals surface area (Å²) in [7, 11) is 0. The minimum atomic E-state index is -0.310. The molecule has 0 aliphatic carbocycles. The number of aromatic nitrogens is 1. The molecule has 1 atom stereocenters. The molecule has 114 valence electrons. The largest absolute Gasteiger partial charge is 0.392 e. The van der Waals surface area contributed by atoms with Gasteiger partial charge < -0.3 is 5.11 Å². The summed E-state index contributed by atoms with van der Waals surface area (Å²) in [6, 6.07) is 10.8. The van der Waals surface area contributed by atoms with Gasteiger partial charge in [0.05, 0.1) is 16.8 Å². The van der Waals surface area contributed by atoms with Crippen molar-refractivity contribution in [3.8, 4) is 0 Å². The fourth-order valence-corrected chi connectivity index (χ4v) is 3.10. The number of thiazole rings is 1. The molecule has 0 amide bonds. The van der Waals surface area contributed by atoms with E-state index in [0.717, 1.165) is 23.7 Å². The average Bonchev–Trinajstić information content (AvgIpc) is 2.86. The maximum absolute atomic E-state index is 9.59. The van der Waals surface area contributed by atoms with E-state index in [0.29, 0.717) is 12.6 Å². The van der Waals surface area contributed by atoms with Gasteiger partial charge in [0.25, 0.3) is 0 Å². The summed E-state index contributed by atoms with van der Waals surface area (Å²) in [6.45, 7) is 7.62. The van der Waals surface area contributed by atoms with E-state index >= 15 is 0 Å². The van der Waals surface area contributed by atoms with Gasteiger partial charge in [0.1, 0.15) is 0 Å². The third kappa shape index (κ3) is 5.23. The van der Waals surface area contributed by atoms with E-state index < -0.39 is 0 Å². The number of rotatable bonds is 7. The van der Waals surface area contributed by atoms with Gasteiger partial charge in [-0.25, -0.2) is 4.98 Å². The topological polar surface area (TPSA) is 36.4 Å². The number of hydrogen-bond donors (Lipinski definition) is 1. The second-order valence-electron chi connectivity index (χ2n) is 5.77. The second-order valence-corrected chi connectivity index (χ2v) is 6.71. The molecule has 0 bridgehead atoms. The van der Waals surface area contributed by atoms with E-state index in [-0.39, 0.29) is 6.10 Å². The van der Waals surface area contributed by atoms with Crippen LogP contribution in [0.3, 0.4) is 0 Å². The van der Waals surface area contributed by atoms with Crippen LogP contribution in [0.4, 0.5) is 0 Å². The summed E-state index contributed by atoms with van der Waals surface area (Å²) in [5.41, 5.74) is 2.39. The van der Waals surface area contributed by atoms with Crippen LogP contribution >= 0.6 is 11.3 Å². The number of aliphatic hydroxyl groups is 1. The van der Waals surface area contributed by atoms with Crippen molar-refractivity contribution in [2.75, 3.05) is 6.54 Å². The van der Waals surface area contributed by atoms with Crippen LogP contribution in [0.25, 0.3) is 0 Å². The van der Waals surface area contributed by atoms with Crippen molar-refractivity contribution in [1.82, 2.24) is 9.88 Å². The normalized spacial score (nSPS) is 13.0. The summed E-state index contributed by atoms with van der Waals surface area (Å²) in [4.78, 5) is 6.99. The molecule has 0 radical (unpaired) electrons. The van der Waals surface area contributed by atoms with E-state index in [2.05, 4.69) is 48.4 Å². The Morgan fingerprint density at radius 3 is 2.52 bits per heavy atom. The molecule has 0 aliphatic rings. The highest BCUT2D eigenvalue weighted by atomic mass is 32.1. The monoisotopic (exact) mass is 304 g/mol. The van der Waals surface area contributed by atoms with Gasteiger partial charge in [-0.2, -0.15) is 0 Å². The van der Waals surface area contributed by atoms with E-state index in [1.165, 1.54) is 5.56 Å². The zero-order chi connectivity index (χ0) is 15.2. The van der Waals surface area contributed by atoms with Gasteiger partial charge in [-0.3, -0.25) is 4.90 Å². The first-order valence-corrected chi connectivity index (χ1v) is 8.32. The van der Waals surface area contributed by atoms with Crippen molar-refractivity contribution in [1.29, 1.82) is 0 Å². The Balaban J connectivity index is 1.98. The van der Waals surface area contributed by atoms with Gasteiger partial charge in [-0.15, -0.1) is 11.3 Å². The van der Waals surface area contributed by atoms with Crippen molar-refractivity contribution in [3.63, 3.8) is 0 Å². The van der Waals surface area contributed by atoms with Crippen LogP contribution in [-0.4, -0.2) is 33.7 Å². The highest BCUT2D eigenvalue weighted by Crippen LogP contribution is 2.17. The molecule has 1 unspecified atom stereocenters. The average molecular weight is 304 g/mol. The zero-order valence-corrected chi connectivity index (χ0v) is 13.8. The van der Waals surface area contributed by atoms with Gasteiger partial charge >= 0.3 is 0 Å². The molecule has 2 rings (SSSR count). The summed E-state index contributed by atoms with van der Waals surface area (Å²) in [6.07, 6.45) is 0.582. The number of nitrogens with zero attached hydrogens (tertiary/aromatic N) is 2. The Kier molecular flexibility index (Phi) is 5.91. The fraction of sp³-hybridized carbons (Fsp3) is 0.471. The van der Waals surface area contributed by atoms with Crippen molar-refractivity contribution >= 4 is 11.3 Å². The molecule has 0 fully saturated rings. The minimum absolute atomic E-state index is 0.310. The molecule has 21 heavy (non-hydrogen) atoms. The fourth-order valence-electron chi connectivity index (χ4n) is 2.28. The minimum Gasteiger partial charge on any atom is -0.392 e. The lowest BCUT2D eigenvalue weighted by molar-refractivity contribution is 0.102. The van der Waals surface area contributed by atoms with Gasteiger partial charge in [-0.1, -0.05) is 30.3 Å². The Morgan fingerprint density at radius 2 is 1.90 bits per heavy atom. The smallest absolute Gasteiger partial charge is 0.0972 e. The van der Waals surface area contributed by atoms with E-state index in [4.69, 9.17) is 4.98 Å². The molecule has 1 heterocycles. The van der Waals surface area contributed by atoms with Gasteiger partial charge in [0.15, 0.2) is 0 Å². The molecule has 1 N–H and O–H groups in total. The van der Waals surface area contributed by atoms with Crippen LogP contribution in [0.2, 0.25) is 0 Å². The molecule has 3 nitrogen and oxygen atoms in total. The molecule has 0 aliphatic heterocycles. The Labute approximate surface area is 131 Å². The Hall–Kier alpha value is -1.23. The number of hydrogen-bond acceptors (Lipinski definition) is 4. The summed E-state index contributed by atoms with van der Waals surface area (Å²) >= 11 is 1.72. The van der Waals surface area contributed by atoms with Gasteiger partial charge in [0.2, 0.25) is 0 Å². The quantitative estimate of drug-likeness (QED) is 0.852. The highest BCUT2D eigenvalue weighted by Gasteiger charge is 2.14. The zero-order valence-electron chi connectivity index (χ0n) is 13.0. The molecule has 0 saturated carbocycles. The highest BCUT2D eigenvalue weighted by molar-refractivity contribution is 7.09. The molecule has 1 aromatic heterocycles. The predicted octanol–water partition coefficient (Wildman–Crippen LogP) is 3.33. The van der Waals surface area contributed by atoms with Crippen molar-refractivity contribution < 1.29 is 5.11 Å². The Bertz CT molecular complexity index is 537. The Morgan fingerprint density at radius 1 is 1.19 bits per heavy atom. The standard InChI is InChI=1S/C17H24N2OS/c1-13(2)19(10-14(3)20)11-16-12-21-17(18-16)9-15-7-5-4-6-8-15/h4-8,12-14,20H,9-11H2,1-3H3. The molecule has 1 aromatic carbocycles. The lowest BCUT2D eigenvalue weighted by atomic mass is 10.2. The van der Waals surface area contributed by atoms with E-state index in [1.54, 1.807) is 11.3 Å². The molecule has 0 spiro atoms. The summed E-state index contributed by atoms with van der Waals surface area (Å²) < 4.78 is 0. The molecule has 0 saturated heterocycles. The first kappa shape index (κ1) is 16.1. The molecular formula is C17H24N2OS. The summed E-state index contributed by atoms with van der Waals surface area (Å²) in [5, 5.41) is 12.9. The SMILES string of the molecule is CC(O)CN(Cc1csc(Cc2ccccc2)n1)C(C)C. The first-order chi connectivity index (χ1) is 10.0.